The number of amides is 1. The van der Waals surface area contributed by atoms with Gasteiger partial charge in [0.1, 0.15) is 24.4 Å². The Morgan fingerprint density at radius 3 is 0.944 bits per heavy atom. The number of hydrogen-bond acceptors (Lipinski definition) is 8. The number of hydrogen-bond donors (Lipinski definition) is 6. The molecule has 6 N–H and O–H groups in total. The summed E-state index contributed by atoms with van der Waals surface area (Å²) >= 11 is 0. The van der Waals surface area contributed by atoms with Crippen LogP contribution >= 0.6 is 0 Å². The van der Waals surface area contributed by atoms with Crippen LogP contribution in [0, 0.1) is 0 Å². The highest BCUT2D eigenvalue weighted by molar-refractivity contribution is 5.76. The summed E-state index contributed by atoms with van der Waals surface area (Å²) in [6.45, 7) is 3.83. The van der Waals surface area contributed by atoms with Crippen molar-refractivity contribution in [2.45, 2.75) is 468 Å². The maximum atomic E-state index is 13.2. The van der Waals surface area contributed by atoms with Gasteiger partial charge in [-0.3, -0.25) is 4.79 Å². The minimum atomic E-state index is -1.57. The Labute approximate surface area is 553 Å². The van der Waals surface area contributed by atoms with Crippen LogP contribution in [0.5, 0.6) is 0 Å². The third kappa shape index (κ3) is 57.8. The molecule has 0 saturated carbocycles. The van der Waals surface area contributed by atoms with Crippen LogP contribution in [0.1, 0.15) is 425 Å². The van der Waals surface area contributed by atoms with Crippen molar-refractivity contribution in [2.24, 2.45) is 0 Å². The average molecular weight is 1260 g/mol. The molecule has 9 nitrogen and oxygen atoms in total. The summed E-state index contributed by atoms with van der Waals surface area (Å²) < 4.78 is 11.3. The molecule has 7 unspecified atom stereocenters. The van der Waals surface area contributed by atoms with E-state index in [0.29, 0.717) is 6.42 Å². The van der Waals surface area contributed by atoms with Crippen molar-refractivity contribution >= 4 is 5.91 Å². The minimum Gasteiger partial charge on any atom is -0.394 e. The van der Waals surface area contributed by atoms with Gasteiger partial charge in [-0.2, -0.15) is 0 Å². The van der Waals surface area contributed by atoms with Gasteiger partial charge < -0.3 is 40.3 Å². The lowest BCUT2D eigenvalue weighted by atomic mass is 9.99. The first-order valence-corrected chi connectivity index (χ1v) is 40.1. The Morgan fingerprint density at radius 2 is 0.640 bits per heavy atom. The van der Waals surface area contributed by atoms with Crippen LogP contribution in [-0.4, -0.2) is 87.5 Å². The first-order chi connectivity index (χ1) is 43.8. The molecule has 0 radical (unpaired) electrons. The quantitative estimate of drug-likeness (QED) is 0.0261. The van der Waals surface area contributed by atoms with Crippen LogP contribution in [-0.2, 0) is 14.3 Å². The molecule has 1 saturated heterocycles. The van der Waals surface area contributed by atoms with Crippen LogP contribution in [0.4, 0.5) is 0 Å². The molecule has 7 atom stereocenters. The molecular weight excluding hydrogens is 1100 g/mol. The monoisotopic (exact) mass is 1260 g/mol. The van der Waals surface area contributed by atoms with Gasteiger partial charge >= 0.3 is 0 Å². The number of aliphatic hydroxyl groups excluding tert-OH is 5. The molecular formula is C80H155NO8. The van der Waals surface area contributed by atoms with Gasteiger partial charge in [0.25, 0.3) is 0 Å². The molecule has 1 heterocycles. The van der Waals surface area contributed by atoms with Gasteiger partial charge in [-0.1, -0.05) is 411 Å². The number of carbonyl (C=O) groups is 1. The fourth-order valence-corrected chi connectivity index (χ4v) is 13.3. The van der Waals surface area contributed by atoms with Crippen molar-refractivity contribution in [3.63, 3.8) is 0 Å². The van der Waals surface area contributed by atoms with Gasteiger partial charge in [0.05, 0.1) is 25.4 Å². The number of nitrogens with one attached hydrogen (secondary N) is 1. The fourth-order valence-electron chi connectivity index (χ4n) is 13.3. The van der Waals surface area contributed by atoms with E-state index in [9.17, 15) is 30.3 Å². The van der Waals surface area contributed by atoms with Crippen LogP contribution in [0.3, 0.4) is 0 Å². The highest BCUT2D eigenvalue weighted by Gasteiger charge is 2.44. The molecule has 89 heavy (non-hydrogen) atoms. The van der Waals surface area contributed by atoms with E-state index in [1.165, 1.54) is 366 Å². The lowest BCUT2D eigenvalue weighted by Gasteiger charge is -2.40. The van der Waals surface area contributed by atoms with Crippen LogP contribution in [0.15, 0.2) is 24.3 Å². The Morgan fingerprint density at radius 1 is 0.371 bits per heavy atom. The standard InChI is InChI=1S/C80H155NO8/c1-3-5-7-9-11-13-15-17-19-21-23-25-27-29-30-31-32-33-34-35-36-37-38-39-40-41-42-43-44-46-48-50-52-54-56-58-60-62-64-66-68-70-76(84)81-73(72-88-80-79(87)78(86)77(85)75(71-82)89-80)74(83)69-67-65-63-61-59-57-55-53-51-49-47-45-28-26-24-22-20-18-16-14-12-10-8-6-4-2/h59,61,67,69,73-75,77-80,82-83,85-87H,3-58,60,62-66,68,70-72H2,1-2H3,(H,81,84)/b61-59+,69-67+. The summed E-state index contributed by atoms with van der Waals surface area (Å²) in [5.41, 5.74) is 0. The van der Waals surface area contributed by atoms with Gasteiger partial charge in [-0.05, 0) is 32.1 Å². The molecule has 1 rings (SSSR count). The number of unbranched alkanes of at least 4 members (excludes halogenated alkanes) is 60. The molecule has 1 fully saturated rings. The van der Waals surface area contributed by atoms with Gasteiger partial charge in [-0.25, -0.2) is 0 Å². The highest BCUT2D eigenvalue weighted by atomic mass is 16.7. The molecule has 9 heteroatoms. The van der Waals surface area contributed by atoms with Crippen molar-refractivity contribution in [1.29, 1.82) is 0 Å². The SMILES string of the molecule is CCCCCCCCCCCCCCCCCCCCC/C=C/CC/C=C/C(O)C(COC1OC(CO)C(O)C(O)C1O)NC(=O)CCCCCCCCCCCCCCCCCCCCCCCCCCCCCCCCCCCCCCCCCCC. The Hall–Kier alpha value is -1.33. The molecule has 0 bridgehead atoms. The Balaban J connectivity index is 2.03. The molecule has 0 spiro atoms. The first-order valence-electron chi connectivity index (χ1n) is 40.1. The molecule has 1 aliphatic rings. The molecule has 528 valence electrons. The first kappa shape index (κ1) is 85.7. The van der Waals surface area contributed by atoms with E-state index in [1.54, 1.807) is 6.08 Å². The van der Waals surface area contributed by atoms with Crippen LogP contribution < -0.4 is 5.32 Å². The summed E-state index contributed by atoms with van der Waals surface area (Å²) in [7, 11) is 0. The largest absolute Gasteiger partial charge is 0.394 e. The van der Waals surface area contributed by atoms with E-state index in [-0.39, 0.29) is 12.5 Å². The second-order valence-corrected chi connectivity index (χ2v) is 28.2. The lowest BCUT2D eigenvalue weighted by molar-refractivity contribution is -0.302. The van der Waals surface area contributed by atoms with Crippen LogP contribution in [0.2, 0.25) is 0 Å². The van der Waals surface area contributed by atoms with E-state index in [2.05, 4.69) is 31.3 Å². The molecule has 0 aromatic heterocycles. The number of aliphatic hydroxyl groups is 5. The van der Waals surface area contributed by atoms with Crippen molar-refractivity contribution in [2.75, 3.05) is 13.2 Å². The van der Waals surface area contributed by atoms with E-state index in [1.807, 2.05) is 6.08 Å². The predicted octanol–water partition coefficient (Wildman–Crippen LogP) is 22.8. The topological polar surface area (TPSA) is 149 Å². The third-order valence-corrected chi connectivity index (χ3v) is 19.5. The molecule has 1 amide bonds. The van der Waals surface area contributed by atoms with Gasteiger partial charge in [0, 0.05) is 6.42 Å². The van der Waals surface area contributed by atoms with Crippen molar-refractivity contribution < 1.29 is 39.8 Å². The van der Waals surface area contributed by atoms with E-state index < -0.39 is 49.5 Å². The predicted molar refractivity (Wildman–Crippen MR) is 383 cm³/mol. The summed E-state index contributed by atoms with van der Waals surface area (Å²) in [6.07, 6.45) is 86.4. The maximum Gasteiger partial charge on any atom is 0.220 e. The molecule has 0 aliphatic carbocycles. The Bertz CT molecular complexity index is 1460. The second kappa shape index (κ2) is 69.5. The van der Waals surface area contributed by atoms with Crippen molar-refractivity contribution in [3.05, 3.63) is 24.3 Å². The minimum absolute atomic E-state index is 0.177. The second-order valence-electron chi connectivity index (χ2n) is 28.2. The summed E-state index contributed by atoms with van der Waals surface area (Å²) in [4.78, 5) is 13.2. The van der Waals surface area contributed by atoms with Crippen LogP contribution in [0.25, 0.3) is 0 Å². The average Bonchev–Trinajstić information content (AvgIpc) is 2.47. The van der Waals surface area contributed by atoms with E-state index in [0.717, 1.165) is 38.5 Å². The molecule has 0 aromatic rings. The zero-order valence-electron chi connectivity index (χ0n) is 59.5. The van der Waals surface area contributed by atoms with Gasteiger partial charge in [0.2, 0.25) is 5.91 Å². The van der Waals surface area contributed by atoms with Gasteiger partial charge in [-0.15, -0.1) is 0 Å². The van der Waals surface area contributed by atoms with Gasteiger partial charge in [0.15, 0.2) is 6.29 Å². The number of rotatable bonds is 72. The zero-order chi connectivity index (χ0) is 64.2. The smallest absolute Gasteiger partial charge is 0.220 e. The summed E-state index contributed by atoms with van der Waals surface area (Å²) in [5, 5.41) is 54.8. The number of allylic oxidation sites excluding steroid dienone is 3. The normalized spacial score (nSPS) is 17.9. The number of ether oxygens (including phenoxy) is 2. The Kier molecular flexibility index (Phi) is 66.9. The van der Waals surface area contributed by atoms with Crippen molar-refractivity contribution in [1.82, 2.24) is 5.32 Å². The van der Waals surface area contributed by atoms with Crippen molar-refractivity contribution in [3.8, 4) is 0 Å². The third-order valence-electron chi connectivity index (χ3n) is 19.5. The van der Waals surface area contributed by atoms with E-state index in [4.69, 9.17) is 9.47 Å². The molecule has 1 aliphatic heterocycles. The maximum absolute atomic E-state index is 13.2. The van der Waals surface area contributed by atoms with E-state index >= 15 is 0 Å². The highest BCUT2D eigenvalue weighted by Crippen LogP contribution is 2.24. The molecule has 0 aromatic carbocycles. The number of carbonyl (C=O) groups excluding carboxylic acids is 1. The lowest BCUT2D eigenvalue weighted by Crippen LogP contribution is -2.60. The summed E-state index contributed by atoms with van der Waals surface area (Å²) in [5.74, 6) is -0.177. The summed E-state index contributed by atoms with van der Waals surface area (Å²) in [6, 6.07) is -0.821. The zero-order valence-corrected chi connectivity index (χ0v) is 59.5. The fraction of sp³-hybridized carbons (Fsp3) is 0.938.